The number of anilines is 2. The Hall–Kier alpha value is -4.77. The molecule has 6 rings (SSSR count). The highest BCUT2D eigenvalue weighted by Crippen LogP contribution is 2.34. The quantitative estimate of drug-likeness (QED) is 0.0630. The number of ether oxygens (including phenoxy) is 3. The molecule has 3 fully saturated rings. The van der Waals surface area contributed by atoms with Crippen LogP contribution in [0.5, 0.6) is 0 Å². The van der Waals surface area contributed by atoms with E-state index in [1.807, 2.05) is 95.9 Å². The first-order valence-electron chi connectivity index (χ1n) is 24.0. The van der Waals surface area contributed by atoms with Gasteiger partial charge in [0.15, 0.2) is 6.29 Å². The molecule has 1 amide bonds. The average Bonchev–Trinajstić information content (AvgIpc) is 3.96. The molecule has 5 atom stereocenters. The van der Waals surface area contributed by atoms with Crippen molar-refractivity contribution in [2.75, 3.05) is 70.1 Å². The maximum Gasteiger partial charge on any atom is 0.440 e. The number of carbonyl (C=O) groups is 1. The summed E-state index contributed by atoms with van der Waals surface area (Å²) in [7, 11) is -4.20. The van der Waals surface area contributed by atoms with Gasteiger partial charge in [-0.15, -0.1) is 0 Å². The van der Waals surface area contributed by atoms with Gasteiger partial charge in [-0.2, -0.15) is 19.1 Å². The highest BCUT2D eigenvalue weighted by atomic mass is 32.2. The van der Waals surface area contributed by atoms with E-state index >= 15 is 0 Å². The molecule has 382 valence electrons. The van der Waals surface area contributed by atoms with Crippen molar-refractivity contribution in [2.24, 2.45) is 22.7 Å². The number of aliphatic hydroxyl groups excluding tert-OH is 1. The smallest absolute Gasteiger partial charge is 0.440 e. The van der Waals surface area contributed by atoms with Gasteiger partial charge in [-0.1, -0.05) is 84.0 Å². The van der Waals surface area contributed by atoms with Crippen LogP contribution < -0.4 is 15.4 Å². The predicted octanol–water partition coefficient (Wildman–Crippen LogP) is 6.67. The van der Waals surface area contributed by atoms with Crippen LogP contribution in [0.15, 0.2) is 88.7 Å². The van der Waals surface area contributed by atoms with Gasteiger partial charge in [-0.05, 0) is 91.4 Å². The lowest BCUT2D eigenvalue weighted by Crippen LogP contribution is -2.52. The number of sulfonamides is 2. The first-order chi connectivity index (χ1) is 33.1. The second-order valence-electron chi connectivity index (χ2n) is 20.3. The maximum atomic E-state index is 14.3. The Morgan fingerprint density at radius 2 is 1.46 bits per heavy atom. The number of hydrogen-bond donors (Lipinski definition) is 3. The summed E-state index contributed by atoms with van der Waals surface area (Å²) in [6.07, 6.45) is -0.118. The molecule has 3 aromatic carbocycles. The van der Waals surface area contributed by atoms with Gasteiger partial charge in [-0.3, -0.25) is 0 Å². The molecule has 3 aliphatic heterocycles. The summed E-state index contributed by atoms with van der Waals surface area (Å²) >= 11 is 0. The average molecular weight is 1010 g/mol. The van der Waals surface area contributed by atoms with Crippen molar-refractivity contribution in [3.63, 3.8) is 0 Å². The number of benzene rings is 3. The molecule has 0 radical (unpaired) electrons. The first-order valence-corrected chi connectivity index (χ1v) is 26.9. The van der Waals surface area contributed by atoms with E-state index in [-0.39, 0.29) is 68.0 Å². The Bertz CT molecular complexity index is 2480. The summed E-state index contributed by atoms with van der Waals surface area (Å²) in [4.78, 5) is 15.4. The van der Waals surface area contributed by atoms with Crippen molar-refractivity contribution in [2.45, 2.75) is 114 Å². The number of amides is 1. The van der Waals surface area contributed by atoms with Gasteiger partial charge in [0.25, 0.3) is 0 Å². The number of alkyl carbamates (subject to hydrolysis) is 1. The lowest BCUT2D eigenvalue weighted by atomic mass is 9.88. The SMILES string of the molecule is CN(B1CO1)c1cccc(S(=O)(=O)N(CC(O)[C@H](Cc2ccccc2)NC(=O)OC2COC3OCCC23)CC(C)(C)CCC#N)c1.CNc1cccc(S(=O)(=O)N(CC(C)C)CC(C)(C)CCC#N)c1. The molecule has 0 spiro atoms. The third-order valence-corrected chi connectivity index (χ3v) is 16.3. The van der Waals surface area contributed by atoms with Crippen LogP contribution in [0.3, 0.4) is 0 Å². The minimum Gasteiger partial charge on any atom is -0.443 e. The van der Waals surface area contributed by atoms with Gasteiger partial charge in [0.2, 0.25) is 20.0 Å². The molecule has 0 aromatic heterocycles. The van der Waals surface area contributed by atoms with Crippen LogP contribution in [0.25, 0.3) is 0 Å². The Balaban J connectivity index is 0.000000321. The van der Waals surface area contributed by atoms with E-state index in [1.54, 1.807) is 41.7 Å². The summed E-state index contributed by atoms with van der Waals surface area (Å²) in [5.74, 6) is 0.167. The van der Waals surface area contributed by atoms with E-state index in [2.05, 4.69) is 22.8 Å². The molecule has 3 heterocycles. The van der Waals surface area contributed by atoms with Crippen molar-refractivity contribution in [3.8, 4) is 12.1 Å². The van der Waals surface area contributed by atoms with Crippen LogP contribution in [-0.2, 0) is 45.3 Å². The van der Waals surface area contributed by atoms with Crippen LogP contribution >= 0.6 is 0 Å². The summed E-state index contributed by atoms with van der Waals surface area (Å²) in [5.41, 5.74) is 1.47. The fourth-order valence-corrected chi connectivity index (χ4v) is 12.1. The van der Waals surface area contributed by atoms with Gasteiger partial charge in [0.05, 0.1) is 59.7 Å². The standard InChI is InChI=1S/C32H43BN4O8S.C18H29N3O2S/c1-32(2,14-8-15-34)21-37(46(40,41)25-12-7-11-24(18-25)36(3)33-22-44-33)19-28(38)27(17-23-9-5-4-6-10-23)35-31(39)45-29-20-43-30-26(29)13-16-42-30;1-15(2)13-21(14-18(3,4)10-7-11-19)24(22,23)17-9-6-8-16(12-17)20-5/h4-7,9-12,18,26-30,38H,8,13-14,16-17,19-22H2,1-3H3,(H,35,39);6,8-9,12,15,20H,7,10,13-14H2,1-5H3/t26?,27-,28?,29?,30?;/m0./s1. The van der Waals surface area contributed by atoms with E-state index in [0.29, 0.717) is 56.0 Å². The van der Waals surface area contributed by atoms with E-state index in [0.717, 1.165) is 17.7 Å². The first kappa shape index (κ1) is 56.2. The van der Waals surface area contributed by atoms with Crippen LogP contribution in [0, 0.1) is 45.3 Å². The lowest BCUT2D eigenvalue weighted by molar-refractivity contribution is -0.0907. The van der Waals surface area contributed by atoms with Crippen molar-refractivity contribution in [1.29, 1.82) is 10.5 Å². The highest BCUT2D eigenvalue weighted by molar-refractivity contribution is 7.89. The molecule has 3 aliphatic rings. The van der Waals surface area contributed by atoms with E-state index < -0.39 is 49.8 Å². The highest BCUT2D eigenvalue weighted by Gasteiger charge is 2.44. The summed E-state index contributed by atoms with van der Waals surface area (Å²) < 4.78 is 79.9. The van der Waals surface area contributed by atoms with Crippen LogP contribution in [-0.4, -0.2) is 128 Å². The second kappa shape index (κ2) is 25.1. The topological polar surface area (TPSA) is 227 Å². The molecule has 0 bridgehead atoms. The van der Waals surface area contributed by atoms with Crippen molar-refractivity contribution < 1.29 is 45.6 Å². The molecule has 3 saturated heterocycles. The summed E-state index contributed by atoms with van der Waals surface area (Å²) in [6.45, 7) is 13.8. The Morgan fingerprint density at radius 3 is 2.03 bits per heavy atom. The molecule has 0 saturated carbocycles. The number of fused-ring (bicyclic) bond motifs is 1. The Labute approximate surface area is 416 Å². The molecule has 3 aromatic rings. The number of aliphatic hydroxyl groups is 1. The molecular formula is C50H72BN7O10S2. The minimum absolute atomic E-state index is 0.0465. The van der Waals surface area contributed by atoms with Crippen LogP contribution in [0.2, 0.25) is 0 Å². The fourth-order valence-electron chi connectivity index (χ4n) is 8.57. The van der Waals surface area contributed by atoms with Crippen molar-refractivity contribution >= 4 is 44.6 Å². The predicted molar refractivity (Wildman–Crippen MR) is 269 cm³/mol. The number of nitrogens with zero attached hydrogens (tertiary/aromatic N) is 5. The van der Waals surface area contributed by atoms with Gasteiger partial charge >= 0.3 is 13.1 Å². The molecular weight excluding hydrogens is 934 g/mol. The maximum absolute atomic E-state index is 14.3. The van der Waals surface area contributed by atoms with Gasteiger partial charge < -0.3 is 39.4 Å². The zero-order valence-corrected chi connectivity index (χ0v) is 43.5. The van der Waals surface area contributed by atoms with Crippen molar-refractivity contribution in [1.82, 2.24) is 13.9 Å². The van der Waals surface area contributed by atoms with Gasteiger partial charge in [-0.25, -0.2) is 21.6 Å². The normalized spacial score (nSPS) is 18.8. The number of nitriles is 2. The molecule has 3 N–H and O–H groups in total. The van der Waals surface area contributed by atoms with Gasteiger partial charge in [0, 0.05) is 57.4 Å². The summed E-state index contributed by atoms with van der Waals surface area (Å²) in [6, 6.07) is 26.2. The third-order valence-electron chi connectivity index (χ3n) is 12.7. The minimum atomic E-state index is -4.13. The molecule has 70 heavy (non-hydrogen) atoms. The molecule has 4 unspecified atom stereocenters. The van der Waals surface area contributed by atoms with E-state index in [4.69, 9.17) is 24.1 Å². The summed E-state index contributed by atoms with van der Waals surface area (Å²) in [5, 5.41) is 35.5. The molecule has 17 nitrogen and oxygen atoms in total. The number of rotatable bonds is 24. The largest absolute Gasteiger partial charge is 0.443 e. The number of nitrogens with one attached hydrogen (secondary N) is 2. The van der Waals surface area contributed by atoms with Crippen LogP contribution in [0.4, 0.5) is 16.2 Å². The number of carbonyl (C=O) groups excluding carboxylic acids is 1. The lowest BCUT2D eigenvalue weighted by Gasteiger charge is -2.35. The van der Waals surface area contributed by atoms with Crippen LogP contribution in [0.1, 0.15) is 79.2 Å². The zero-order valence-electron chi connectivity index (χ0n) is 41.9. The molecule has 20 heteroatoms. The Morgan fingerprint density at radius 1 is 0.871 bits per heavy atom. The zero-order chi connectivity index (χ0) is 51.3. The van der Waals surface area contributed by atoms with Gasteiger partial charge in [0.1, 0.15) is 6.10 Å². The number of hydrogen-bond acceptors (Lipinski definition) is 14. The van der Waals surface area contributed by atoms with Crippen molar-refractivity contribution in [3.05, 3.63) is 84.4 Å². The second-order valence-corrected chi connectivity index (χ2v) is 24.2. The fraction of sp³-hybridized carbons (Fsp3) is 0.580. The Kier molecular flexibility index (Phi) is 20.1. The molecule has 0 aliphatic carbocycles. The van der Waals surface area contributed by atoms with E-state index in [9.17, 15) is 32.0 Å². The third kappa shape index (κ3) is 16.1. The monoisotopic (exact) mass is 1010 g/mol. The van der Waals surface area contributed by atoms with E-state index in [1.165, 1.54) is 10.4 Å².